The first-order valence-electron chi connectivity index (χ1n) is 22.9. The Bertz CT molecular complexity index is 2290. The number of rotatable bonds is 19. The van der Waals surface area contributed by atoms with Gasteiger partial charge in [-0.1, -0.05) is 139 Å². The van der Waals surface area contributed by atoms with E-state index in [9.17, 15) is 0 Å². The third-order valence-electron chi connectivity index (χ3n) is 12.0. The van der Waals surface area contributed by atoms with E-state index in [0.29, 0.717) is 5.92 Å². The molecule has 0 saturated carbocycles. The summed E-state index contributed by atoms with van der Waals surface area (Å²) in [5.41, 5.74) is 16.8. The van der Waals surface area contributed by atoms with Gasteiger partial charge in [0.2, 0.25) is 0 Å². The van der Waals surface area contributed by atoms with E-state index in [0.717, 1.165) is 70.4 Å². The van der Waals surface area contributed by atoms with Gasteiger partial charge in [-0.05, 0) is 164 Å². The van der Waals surface area contributed by atoms with Crippen molar-refractivity contribution >= 4 is 51.2 Å². The van der Waals surface area contributed by atoms with Gasteiger partial charge >= 0.3 is 0 Å². The lowest BCUT2D eigenvalue weighted by Crippen LogP contribution is -2.18. The number of unbranched alkanes of at least 4 members (excludes halogenated alkanes) is 3. The van der Waals surface area contributed by atoms with E-state index in [2.05, 4.69) is 226 Å². The highest BCUT2D eigenvalue weighted by Gasteiger charge is 2.25. The monoisotopic (exact) mass is 804 g/mol. The Hall–Kier alpha value is -6.06. The van der Waals surface area contributed by atoms with Crippen LogP contribution in [0.15, 0.2) is 170 Å². The van der Waals surface area contributed by atoms with Crippen LogP contribution in [0, 0.1) is 6.92 Å². The zero-order valence-electron chi connectivity index (χ0n) is 37.4. The maximum Gasteiger partial charge on any atom is 0.0532 e. The maximum atomic E-state index is 2.48. The lowest BCUT2D eigenvalue weighted by molar-refractivity contribution is 0.795. The second kappa shape index (κ2) is 21.0. The van der Waals surface area contributed by atoms with Crippen LogP contribution in [0.4, 0.5) is 51.2 Å². The van der Waals surface area contributed by atoms with Crippen LogP contribution in [-0.4, -0.2) is 0 Å². The molecule has 0 heterocycles. The summed E-state index contributed by atoms with van der Waals surface area (Å²) in [6.07, 6.45) is 10.4. The zero-order chi connectivity index (χ0) is 42.6. The fourth-order valence-electron chi connectivity index (χ4n) is 8.31. The highest BCUT2D eigenvalue weighted by molar-refractivity contribution is 5.92. The third-order valence-corrected chi connectivity index (χ3v) is 12.0. The topological polar surface area (TPSA) is 9.72 Å². The minimum Gasteiger partial charge on any atom is -0.310 e. The molecular formula is C58H65N3. The number of para-hydroxylation sites is 2. The predicted molar refractivity (Wildman–Crippen MR) is 265 cm³/mol. The predicted octanol–water partition coefficient (Wildman–Crippen LogP) is 17.6. The van der Waals surface area contributed by atoms with Crippen molar-refractivity contribution in [1.29, 1.82) is 0 Å². The Kier molecular flexibility index (Phi) is 14.8. The van der Waals surface area contributed by atoms with E-state index in [1.165, 1.54) is 66.3 Å². The summed E-state index contributed by atoms with van der Waals surface area (Å²) in [7, 11) is 0. The molecule has 3 heteroatoms. The molecular weight excluding hydrogens is 739 g/mol. The van der Waals surface area contributed by atoms with Crippen LogP contribution in [-0.2, 0) is 19.3 Å². The molecule has 0 unspecified atom stereocenters. The summed E-state index contributed by atoms with van der Waals surface area (Å²) in [5.74, 6) is 0.442. The van der Waals surface area contributed by atoms with E-state index in [1.54, 1.807) is 0 Å². The molecule has 61 heavy (non-hydrogen) atoms. The minimum atomic E-state index is 0.442. The molecule has 312 valence electrons. The van der Waals surface area contributed by atoms with Gasteiger partial charge in [-0.3, -0.25) is 0 Å². The molecule has 0 aliphatic heterocycles. The summed E-state index contributed by atoms with van der Waals surface area (Å²) >= 11 is 0. The average Bonchev–Trinajstić information content (AvgIpc) is 3.30. The summed E-state index contributed by atoms with van der Waals surface area (Å²) in [6.45, 7) is 13.7. The van der Waals surface area contributed by atoms with Crippen LogP contribution in [0.5, 0.6) is 0 Å². The SMILES string of the molecule is CCCCc1ccc(N(c2ccc(CCCC)cc2)c2cc(N(c3ccccc3)c3ccccc3)cc(N(c3ccc(CCCC)cc3)c3ccc(C(C)C)cc3)c2C)cc1. The van der Waals surface area contributed by atoms with Crippen LogP contribution < -0.4 is 14.7 Å². The second-order valence-electron chi connectivity index (χ2n) is 16.8. The molecule has 0 N–H and O–H groups in total. The average molecular weight is 804 g/mol. The first-order chi connectivity index (χ1) is 29.9. The molecule has 0 bridgehead atoms. The molecule has 0 aliphatic carbocycles. The zero-order valence-corrected chi connectivity index (χ0v) is 37.4. The van der Waals surface area contributed by atoms with Gasteiger partial charge in [0.1, 0.15) is 0 Å². The van der Waals surface area contributed by atoms with Gasteiger partial charge in [-0.25, -0.2) is 0 Å². The molecule has 0 spiro atoms. The smallest absolute Gasteiger partial charge is 0.0532 e. The van der Waals surface area contributed by atoms with Crippen LogP contribution in [0.1, 0.15) is 107 Å². The number of hydrogen-bond acceptors (Lipinski definition) is 3. The molecule has 0 atom stereocenters. The Labute approximate surface area is 367 Å². The quantitative estimate of drug-likeness (QED) is 0.0806. The summed E-state index contributed by atoms with van der Waals surface area (Å²) < 4.78 is 0. The van der Waals surface area contributed by atoms with Crippen LogP contribution in [0.2, 0.25) is 0 Å². The Morgan fingerprint density at radius 3 is 0.984 bits per heavy atom. The first-order valence-corrected chi connectivity index (χ1v) is 22.9. The van der Waals surface area contributed by atoms with E-state index in [-0.39, 0.29) is 0 Å². The summed E-state index contributed by atoms with van der Waals surface area (Å²) in [5, 5.41) is 0. The number of nitrogens with zero attached hydrogens (tertiary/aromatic N) is 3. The van der Waals surface area contributed by atoms with Gasteiger partial charge in [-0.2, -0.15) is 0 Å². The summed E-state index contributed by atoms with van der Waals surface area (Å²) in [4.78, 5) is 7.36. The Balaban J connectivity index is 1.52. The largest absolute Gasteiger partial charge is 0.310 e. The van der Waals surface area contributed by atoms with Crippen LogP contribution in [0.25, 0.3) is 0 Å². The first kappa shape index (κ1) is 43.0. The van der Waals surface area contributed by atoms with Gasteiger partial charge in [0.15, 0.2) is 0 Å². The molecule has 7 rings (SSSR count). The van der Waals surface area contributed by atoms with Crippen molar-refractivity contribution in [1.82, 2.24) is 0 Å². The van der Waals surface area contributed by atoms with Gasteiger partial charge in [-0.15, -0.1) is 0 Å². The molecule has 0 aromatic heterocycles. The van der Waals surface area contributed by atoms with Crippen LogP contribution in [0.3, 0.4) is 0 Å². The number of anilines is 9. The maximum absolute atomic E-state index is 2.48. The molecule has 0 radical (unpaired) electrons. The summed E-state index contributed by atoms with van der Waals surface area (Å²) in [6, 6.07) is 63.5. The van der Waals surface area contributed by atoms with Crippen molar-refractivity contribution in [3.05, 3.63) is 198 Å². The molecule has 0 aliphatic rings. The van der Waals surface area contributed by atoms with Crippen LogP contribution >= 0.6 is 0 Å². The highest BCUT2D eigenvalue weighted by atomic mass is 15.2. The van der Waals surface area contributed by atoms with E-state index in [1.807, 2.05) is 0 Å². The lowest BCUT2D eigenvalue weighted by atomic mass is 10.0. The normalized spacial score (nSPS) is 11.2. The highest BCUT2D eigenvalue weighted by Crippen LogP contribution is 2.48. The molecule has 0 amide bonds. The van der Waals surface area contributed by atoms with Crippen molar-refractivity contribution in [2.24, 2.45) is 0 Å². The molecule has 3 nitrogen and oxygen atoms in total. The molecule has 7 aromatic carbocycles. The van der Waals surface area contributed by atoms with E-state index >= 15 is 0 Å². The second-order valence-corrected chi connectivity index (χ2v) is 16.8. The number of hydrogen-bond donors (Lipinski definition) is 0. The van der Waals surface area contributed by atoms with Gasteiger partial charge < -0.3 is 14.7 Å². The third kappa shape index (κ3) is 10.5. The lowest BCUT2D eigenvalue weighted by Gasteiger charge is -2.35. The van der Waals surface area contributed by atoms with E-state index in [4.69, 9.17) is 0 Å². The van der Waals surface area contributed by atoms with Crippen molar-refractivity contribution in [2.75, 3.05) is 14.7 Å². The number of benzene rings is 7. The van der Waals surface area contributed by atoms with E-state index < -0.39 is 0 Å². The van der Waals surface area contributed by atoms with Gasteiger partial charge in [0.25, 0.3) is 0 Å². The molecule has 0 fully saturated rings. The Morgan fingerprint density at radius 1 is 0.361 bits per heavy atom. The minimum absolute atomic E-state index is 0.442. The van der Waals surface area contributed by atoms with Gasteiger partial charge in [0.05, 0.1) is 17.1 Å². The van der Waals surface area contributed by atoms with Crippen molar-refractivity contribution < 1.29 is 0 Å². The fraction of sp³-hybridized carbons (Fsp3) is 0.276. The molecule has 7 aromatic rings. The standard InChI is InChI=1S/C58H65N3/c1-7-10-19-46-26-34-52(35-27-46)60(53-36-28-47(29-37-53)20-11-8-2)57-42-56(59(50-22-15-13-16-23-50)51-24-17-14-18-25-51)43-58(45(57)6)61(55-40-32-49(33-41-55)44(4)5)54-38-30-48(31-39-54)21-12-9-3/h13-18,22-44H,7-12,19-21H2,1-6H3. The number of aryl methyl sites for hydroxylation is 3. The van der Waals surface area contributed by atoms with Crippen molar-refractivity contribution in [3.8, 4) is 0 Å². The van der Waals surface area contributed by atoms with Crippen molar-refractivity contribution in [3.63, 3.8) is 0 Å². The van der Waals surface area contributed by atoms with Crippen molar-refractivity contribution in [2.45, 2.75) is 105 Å². The Morgan fingerprint density at radius 2 is 0.672 bits per heavy atom. The fourth-order valence-corrected chi connectivity index (χ4v) is 8.31. The van der Waals surface area contributed by atoms with Gasteiger partial charge in [0, 0.05) is 34.1 Å². The molecule has 0 saturated heterocycles.